The molecule has 154 valence electrons. The minimum atomic E-state index is -0.384. The van der Waals surface area contributed by atoms with E-state index in [1.54, 1.807) is 0 Å². The molecule has 6 nitrogen and oxygen atoms in total. The van der Waals surface area contributed by atoms with Crippen LogP contribution in [-0.2, 0) is 20.9 Å². The van der Waals surface area contributed by atoms with Crippen molar-refractivity contribution < 1.29 is 14.4 Å². The van der Waals surface area contributed by atoms with Crippen molar-refractivity contribution in [1.29, 1.82) is 0 Å². The summed E-state index contributed by atoms with van der Waals surface area (Å²) in [6, 6.07) is 14.7. The molecule has 1 unspecified atom stereocenters. The number of nitrogens with one attached hydrogen (secondary N) is 3. The van der Waals surface area contributed by atoms with Gasteiger partial charge in [-0.25, -0.2) is 0 Å². The highest BCUT2D eigenvalue weighted by atomic mass is 16.2. The van der Waals surface area contributed by atoms with Gasteiger partial charge in [-0.1, -0.05) is 55.8 Å². The summed E-state index contributed by atoms with van der Waals surface area (Å²) in [5, 5.41) is 8.57. The van der Waals surface area contributed by atoms with Crippen LogP contribution in [0.25, 0.3) is 0 Å². The first kappa shape index (κ1) is 22.1. The molecule has 0 aliphatic rings. The van der Waals surface area contributed by atoms with E-state index >= 15 is 0 Å². The van der Waals surface area contributed by atoms with Gasteiger partial charge in [0.15, 0.2) is 0 Å². The Morgan fingerprint density at radius 2 is 1.69 bits per heavy atom. The van der Waals surface area contributed by atoms with Gasteiger partial charge in [-0.15, -0.1) is 0 Å². The van der Waals surface area contributed by atoms with E-state index in [0.717, 1.165) is 16.7 Å². The number of hydrogen-bond acceptors (Lipinski definition) is 3. The number of amides is 3. The van der Waals surface area contributed by atoms with Crippen LogP contribution in [0.3, 0.4) is 0 Å². The van der Waals surface area contributed by atoms with Crippen LogP contribution in [0.1, 0.15) is 49.9 Å². The van der Waals surface area contributed by atoms with Gasteiger partial charge in [0.2, 0.25) is 17.7 Å². The largest absolute Gasteiger partial charge is 0.352 e. The first-order valence-electron chi connectivity index (χ1n) is 9.74. The highest BCUT2D eigenvalue weighted by Crippen LogP contribution is 2.18. The third-order valence-corrected chi connectivity index (χ3v) is 4.46. The van der Waals surface area contributed by atoms with Crippen molar-refractivity contribution in [1.82, 2.24) is 10.6 Å². The summed E-state index contributed by atoms with van der Waals surface area (Å²) in [7, 11) is 0. The summed E-state index contributed by atoms with van der Waals surface area (Å²) >= 11 is 0. The average Bonchev–Trinajstić information content (AvgIpc) is 2.66. The number of hydrogen-bond donors (Lipinski definition) is 3. The molecule has 0 saturated heterocycles. The van der Waals surface area contributed by atoms with E-state index in [1.165, 1.54) is 6.92 Å². The van der Waals surface area contributed by atoms with Crippen LogP contribution in [0.5, 0.6) is 0 Å². The molecule has 2 rings (SSSR count). The van der Waals surface area contributed by atoms with Crippen molar-refractivity contribution in [2.75, 3.05) is 5.32 Å². The van der Waals surface area contributed by atoms with E-state index in [9.17, 15) is 14.4 Å². The lowest BCUT2D eigenvalue weighted by molar-refractivity contribution is -0.123. The molecular weight excluding hydrogens is 366 g/mol. The molecule has 0 bridgehead atoms. The second-order valence-corrected chi connectivity index (χ2v) is 7.49. The lowest BCUT2D eigenvalue weighted by Crippen LogP contribution is -2.32. The van der Waals surface area contributed by atoms with Gasteiger partial charge in [0.25, 0.3) is 0 Å². The normalized spacial score (nSPS) is 11.6. The van der Waals surface area contributed by atoms with Crippen LogP contribution >= 0.6 is 0 Å². The Kier molecular flexibility index (Phi) is 7.95. The second-order valence-electron chi connectivity index (χ2n) is 7.49. The molecule has 0 aromatic heterocycles. The van der Waals surface area contributed by atoms with Crippen molar-refractivity contribution in [3.05, 3.63) is 65.2 Å². The van der Waals surface area contributed by atoms with Crippen molar-refractivity contribution in [2.24, 2.45) is 5.92 Å². The highest BCUT2D eigenvalue weighted by molar-refractivity contribution is 5.92. The van der Waals surface area contributed by atoms with Gasteiger partial charge in [0.1, 0.15) is 0 Å². The molecule has 0 aliphatic carbocycles. The Morgan fingerprint density at radius 1 is 1.00 bits per heavy atom. The van der Waals surface area contributed by atoms with Crippen molar-refractivity contribution >= 4 is 23.4 Å². The van der Waals surface area contributed by atoms with Crippen LogP contribution in [0.2, 0.25) is 0 Å². The number of rotatable bonds is 8. The average molecular weight is 396 g/mol. The molecule has 29 heavy (non-hydrogen) atoms. The standard InChI is InChI=1S/C23H29N3O3/c1-15(2)23(29)26-20-7-5-6-18(12-20)14-24-22(28)13-21(25-17(4)27)19-10-8-16(3)9-11-19/h5-12,15,21H,13-14H2,1-4H3,(H,24,28)(H,25,27)(H,26,29). The zero-order valence-electron chi connectivity index (χ0n) is 17.4. The van der Waals surface area contributed by atoms with E-state index in [-0.39, 0.29) is 36.1 Å². The topological polar surface area (TPSA) is 87.3 Å². The zero-order valence-corrected chi connectivity index (χ0v) is 17.4. The van der Waals surface area contributed by atoms with Crippen molar-refractivity contribution in [3.8, 4) is 0 Å². The Labute approximate surface area is 172 Å². The molecule has 0 aliphatic heterocycles. The van der Waals surface area contributed by atoms with Gasteiger partial charge < -0.3 is 16.0 Å². The Hall–Kier alpha value is -3.15. The maximum atomic E-state index is 12.5. The summed E-state index contributed by atoms with van der Waals surface area (Å²) in [4.78, 5) is 35.9. The minimum Gasteiger partial charge on any atom is -0.352 e. The van der Waals surface area contributed by atoms with E-state index in [2.05, 4.69) is 16.0 Å². The summed E-state index contributed by atoms with van der Waals surface area (Å²) in [5.41, 5.74) is 3.58. The maximum Gasteiger partial charge on any atom is 0.226 e. The Balaban J connectivity index is 1.97. The lowest BCUT2D eigenvalue weighted by atomic mass is 10.0. The quantitative estimate of drug-likeness (QED) is 0.640. The highest BCUT2D eigenvalue weighted by Gasteiger charge is 2.17. The minimum absolute atomic E-state index is 0.0533. The fraction of sp³-hybridized carbons (Fsp3) is 0.348. The number of carbonyl (C=O) groups excluding carboxylic acids is 3. The van der Waals surface area contributed by atoms with E-state index in [0.29, 0.717) is 12.2 Å². The number of benzene rings is 2. The first-order valence-corrected chi connectivity index (χ1v) is 9.74. The van der Waals surface area contributed by atoms with Gasteiger partial charge in [-0.2, -0.15) is 0 Å². The van der Waals surface area contributed by atoms with Crippen LogP contribution in [0, 0.1) is 12.8 Å². The fourth-order valence-corrected chi connectivity index (χ4v) is 2.80. The number of aryl methyl sites for hydroxylation is 1. The third kappa shape index (κ3) is 7.41. The molecule has 0 radical (unpaired) electrons. The monoisotopic (exact) mass is 395 g/mol. The molecule has 1 atom stereocenters. The molecule has 0 saturated carbocycles. The zero-order chi connectivity index (χ0) is 21.4. The van der Waals surface area contributed by atoms with E-state index < -0.39 is 0 Å². The second kappa shape index (κ2) is 10.4. The predicted octanol–water partition coefficient (Wildman–Crippen LogP) is 3.47. The number of anilines is 1. The molecule has 6 heteroatoms. The van der Waals surface area contributed by atoms with Gasteiger partial charge in [0, 0.05) is 25.1 Å². The van der Waals surface area contributed by atoms with Gasteiger partial charge in [-0.05, 0) is 30.2 Å². The van der Waals surface area contributed by atoms with Crippen LogP contribution in [-0.4, -0.2) is 17.7 Å². The molecule has 0 fully saturated rings. The molecule has 2 aromatic rings. The Morgan fingerprint density at radius 3 is 2.31 bits per heavy atom. The summed E-state index contributed by atoms with van der Waals surface area (Å²) in [6.45, 7) is 7.43. The van der Waals surface area contributed by atoms with Gasteiger partial charge >= 0.3 is 0 Å². The number of carbonyl (C=O) groups is 3. The van der Waals surface area contributed by atoms with Crippen LogP contribution in [0.15, 0.2) is 48.5 Å². The molecule has 0 heterocycles. The summed E-state index contributed by atoms with van der Waals surface area (Å²) in [6.07, 6.45) is 0.145. The van der Waals surface area contributed by atoms with Crippen LogP contribution < -0.4 is 16.0 Å². The van der Waals surface area contributed by atoms with E-state index in [1.807, 2.05) is 69.3 Å². The molecular formula is C23H29N3O3. The SMILES string of the molecule is CC(=O)NC(CC(=O)NCc1cccc(NC(=O)C(C)C)c1)c1ccc(C)cc1. The first-order chi connectivity index (χ1) is 13.7. The van der Waals surface area contributed by atoms with Crippen molar-refractivity contribution in [2.45, 2.75) is 46.7 Å². The van der Waals surface area contributed by atoms with Crippen LogP contribution in [0.4, 0.5) is 5.69 Å². The smallest absolute Gasteiger partial charge is 0.226 e. The summed E-state index contributed by atoms with van der Waals surface area (Å²) in [5.74, 6) is -0.508. The third-order valence-electron chi connectivity index (χ3n) is 4.46. The fourth-order valence-electron chi connectivity index (χ4n) is 2.80. The van der Waals surface area contributed by atoms with Gasteiger partial charge in [-0.3, -0.25) is 14.4 Å². The Bertz CT molecular complexity index is 860. The maximum absolute atomic E-state index is 12.5. The predicted molar refractivity (Wildman–Crippen MR) is 114 cm³/mol. The van der Waals surface area contributed by atoms with Gasteiger partial charge in [0.05, 0.1) is 12.5 Å². The molecule has 2 aromatic carbocycles. The molecule has 3 amide bonds. The summed E-state index contributed by atoms with van der Waals surface area (Å²) < 4.78 is 0. The van der Waals surface area contributed by atoms with E-state index in [4.69, 9.17) is 0 Å². The lowest BCUT2D eigenvalue weighted by Gasteiger charge is -2.18. The molecule has 3 N–H and O–H groups in total. The molecule has 0 spiro atoms. The van der Waals surface area contributed by atoms with Crippen molar-refractivity contribution in [3.63, 3.8) is 0 Å².